The van der Waals surface area contributed by atoms with Gasteiger partial charge in [-0.25, -0.2) is 4.79 Å². The number of anilines is 1. The van der Waals surface area contributed by atoms with Crippen molar-refractivity contribution in [1.82, 2.24) is 0 Å². The van der Waals surface area contributed by atoms with E-state index >= 15 is 0 Å². The lowest BCUT2D eigenvalue weighted by atomic mass is 9.84. The molecule has 1 aliphatic rings. The maximum atomic E-state index is 13.4. The van der Waals surface area contributed by atoms with Gasteiger partial charge in [0.2, 0.25) is 5.78 Å². The van der Waals surface area contributed by atoms with Crippen molar-refractivity contribution in [3.8, 4) is 5.75 Å². The molecule has 0 unspecified atom stereocenters. The number of hydrogen-bond acceptors (Lipinski definition) is 6. The van der Waals surface area contributed by atoms with Crippen molar-refractivity contribution in [1.29, 1.82) is 0 Å². The van der Waals surface area contributed by atoms with Crippen molar-refractivity contribution >= 4 is 52.3 Å². The molecule has 33 heavy (non-hydrogen) atoms. The lowest BCUT2D eigenvalue weighted by Crippen LogP contribution is -2.38. The summed E-state index contributed by atoms with van der Waals surface area (Å²) in [5, 5.41) is 12.2. The molecular weight excluding hydrogens is 469 g/mol. The number of benzene rings is 3. The lowest BCUT2D eigenvalue weighted by molar-refractivity contribution is -0.138. The summed E-state index contributed by atoms with van der Waals surface area (Å²) in [4.78, 5) is 51.8. The molecule has 166 valence electrons. The predicted molar refractivity (Wildman–Crippen MR) is 121 cm³/mol. The van der Waals surface area contributed by atoms with Gasteiger partial charge in [0.1, 0.15) is 17.8 Å². The molecule has 4 rings (SSSR count). The molecule has 0 aliphatic carbocycles. The summed E-state index contributed by atoms with van der Waals surface area (Å²) in [5.74, 6) is -5.50. The predicted octanol–water partition coefficient (Wildman–Crippen LogP) is 4.62. The van der Waals surface area contributed by atoms with E-state index in [9.17, 15) is 24.3 Å². The summed E-state index contributed by atoms with van der Waals surface area (Å²) in [5.41, 5.74) is 0.696. The number of Topliss-reactive ketones (excluding diaryl/α,β-unsaturated/α-hetero) is 2. The molecule has 0 radical (unpaired) electrons. The molecule has 7 nitrogen and oxygen atoms in total. The highest BCUT2D eigenvalue weighted by atomic mass is 35.5. The summed E-state index contributed by atoms with van der Waals surface area (Å²) >= 11 is 12.0. The fraction of sp³-hybridized carbons (Fsp3) is 0.0833. The second-order valence-corrected chi connectivity index (χ2v) is 8.07. The van der Waals surface area contributed by atoms with Gasteiger partial charge in [-0.1, -0.05) is 47.5 Å². The Labute approximate surface area is 197 Å². The van der Waals surface area contributed by atoms with Gasteiger partial charge in [0, 0.05) is 22.9 Å². The van der Waals surface area contributed by atoms with Crippen LogP contribution < -0.4 is 5.32 Å². The number of aromatic hydroxyl groups is 1. The maximum Gasteiger partial charge on any atom is 0.339 e. The number of amides is 1. The Morgan fingerprint density at radius 1 is 0.939 bits per heavy atom. The third kappa shape index (κ3) is 4.46. The van der Waals surface area contributed by atoms with Crippen LogP contribution in [0.15, 0.2) is 66.7 Å². The number of ether oxygens (including phenoxy) is 1. The van der Waals surface area contributed by atoms with Gasteiger partial charge < -0.3 is 15.2 Å². The van der Waals surface area contributed by atoms with Crippen molar-refractivity contribution in [2.75, 3.05) is 5.32 Å². The molecule has 1 amide bonds. The molecule has 1 aliphatic heterocycles. The quantitative estimate of drug-likeness (QED) is 0.229. The Kier molecular flexibility index (Phi) is 6.18. The molecule has 0 saturated carbocycles. The molecule has 3 aromatic carbocycles. The molecule has 2 N–H and O–H groups in total. The fourth-order valence-corrected chi connectivity index (χ4v) is 3.86. The first-order valence-electron chi connectivity index (χ1n) is 9.69. The average molecular weight is 484 g/mol. The number of ketones is 2. The van der Waals surface area contributed by atoms with E-state index in [1.807, 2.05) is 0 Å². The molecule has 0 saturated heterocycles. The van der Waals surface area contributed by atoms with Crippen LogP contribution in [0.2, 0.25) is 10.0 Å². The van der Waals surface area contributed by atoms with E-state index in [4.69, 9.17) is 27.9 Å². The third-order valence-electron chi connectivity index (χ3n) is 5.12. The first-order chi connectivity index (χ1) is 15.8. The van der Waals surface area contributed by atoms with Crippen LogP contribution in [0.25, 0.3) is 0 Å². The number of hydrogen-bond donors (Lipinski definition) is 2. The van der Waals surface area contributed by atoms with Crippen molar-refractivity contribution in [3.63, 3.8) is 0 Å². The number of phenols is 1. The van der Waals surface area contributed by atoms with Crippen molar-refractivity contribution < 1.29 is 29.0 Å². The standard InChI is InChI=1S/C24H15Cl2NO6/c25-17-9-8-12(10-18(17)26)20(29)19(22-15-6-1-2-7-16(15)24(32)33-22)21(30)23(31)27-13-4-3-5-14(28)11-13/h1-11,19,22,28H,(H,27,31)/t19-,22+/m0/s1. The lowest BCUT2D eigenvalue weighted by Gasteiger charge is -2.21. The fourth-order valence-electron chi connectivity index (χ4n) is 3.56. The number of phenolic OH excluding ortho intramolecular Hbond substituents is 1. The minimum absolute atomic E-state index is 0.0216. The van der Waals surface area contributed by atoms with Crippen LogP contribution in [0.5, 0.6) is 5.75 Å². The largest absolute Gasteiger partial charge is 0.508 e. The Hall–Kier alpha value is -3.68. The van der Waals surface area contributed by atoms with Gasteiger partial charge in [0.05, 0.1) is 15.6 Å². The number of carbonyl (C=O) groups is 4. The van der Waals surface area contributed by atoms with Gasteiger partial charge in [-0.05, 0) is 36.4 Å². The second-order valence-electron chi connectivity index (χ2n) is 7.25. The van der Waals surface area contributed by atoms with E-state index in [-0.39, 0.29) is 32.6 Å². The molecule has 3 aromatic rings. The Morgan fingerprint density at radius 2 is 1.70 bits per heavy atom. The first kappa shape index (κ1) is 22.5. The van der Waals surface area contributed by atoms with Gasteiger partial charge in [-0.2, -0.15) is 0 Å². The molecule has 0 bridgehead atoms. The van der Waals surface area contributed by atoms with Crippen molar-refractivity contribution in [2.45, 2.75) is 6.10 Å². The van der Waals surface area contributed by atoms with Crippen LogP contribution >= 0.6 is 23.2 Å². The minimum atomic E-state index is -1.67. The van der Waals surface area contributed by atoms with Crippen LogP contribution in [0.4, 0.5) is 5.69 Å². The van der Waals surface area contributed by atoms with Gasteiger partial charge >= 0.3 is 5.97 Å². The number of halogens is 2. The molecule has 1 heterocycles. The van der Waals surface area contributed by atoms with Crippen LogP contribution in [-0.4, -0.2) is 28.5 Å². The highest BCUT2D eigenvalue weighted by Gasteiger charge is 2.46. The second kappa shape index (κ2) is 9.05. The van der Waals surface area contributed by atoms with E-state index < -0.39 is 35.5 Å². The zero-order valence-corrected chi connectivity index (χ0v) is 18.3. The minimum Gasteiger partial charge on any atom is -0.508 e. The molecule has 0 fully saturated rings. The highest BCUT2D eigenvalue weighted by molar-refractivity contribution is 6.46. The smallest absolute Gasteiger partial charge is 0.339 e. The topological polar surface area (TPSA) is 110 Å². The van der Waals surface area contributed by atoms with Gasteiger partial charge in [-0.15, -0.1) is 0 Å². The van der Waals surface area contributed by atoms with Crippen LogP contribution in [0.1, 0.15) is 32.4 Å². The van der Waals surface area contributed by atoms with E-state index in [1.165, 1.54) is 48.5 Å². The molecule has 2 atom stereocenters. The molecule has 9 heteroatoms. The zero-order valence-electron chi connectivity index (χ0n) is 16.7. The Balaban J connectivity index is 1.73. The Bertz CT molecular complexity index is 1310. The molecule has 0 spiro atoms. The third-order valence-corrected chi connectivity index (χ3v) is 5.86. The summed E-state index contributed by atoms with van der Waals surface area (Å²) in [6.45, 7) is 0. The Morgan fingerprint density at radius 3 is 2.42 bits per heavy atom. The van der Waals surface area contributed by atoms with Crippen LogP contribution in [-0.2, 0) is 14.3 Å². The first-order valence-corrected chi connectivity index (χ1v) is 10.4. The summed E-state index contributed by atoms with van der Waals surface area (Å²) in [7, 11) is 0. The SMILES string of the molecule is O=C(Nc1cccc(O)c1)C(=O)[C@H](C(=O)c1ccc(Cl)c(Cl)c1)[C@@H]1OC(=O)c2ccccc21. The molecular formula is C24H15Cl2NO6. The number of carbonyl (C=O) groups excluding carboxylic acids is 4. The van der Waals surface area contributed by atoms with Gasteiger partial charge in [-0.3, -0.25) is 14.4 Å². The number of nitrogens with one attached hydrogen (secondary N) is 1. The van der Waals surface area contributed by atoms with E-state index in [2.05, 4.69) is 5.32 Å². The van der Waals surface area contributed by atoms with Gasteiger partial charge in [0.25, 0.3) is 5.91 Å². The highest BCUT2D eigenvalue weighted by Crippen LogP contribution is 2.38. The van der Waals surface area contributed by atoms with Crippen molar-refractivity contribution in [2.24, 2.45) is 5.92 Å². The zero-order chi connectivity index (χ0) is 23.7. The average Bonchev–Trinajstić information content (AvgIpc) is 3.12. The van der Waals surface area contributed by atoms with E-state index in [0.717, 1.165) is 0 Å². The number of fused-ring (bicyclic) bond motifs is 1. The monoisotopic (exact) mass is 483 g/mol. The molecule has 0 aromatic heterocycles. The van der Waals surface area contributed by atoms with Crippen molar-refractivity contribution in [3.05, 3.63) is 93.5 Å². The van der Waals surface area contributed by atoms with Crippen LogP contribution in [0, 0.1) is 5.92 Å². The maximum absolute atomic E-state index is 13.4. The number of rotatable bonds is 6. The van der Waals surface area contributed by atoms with Crippen LogP contribution in [0.3, 0.4) is 0 Å². The van der Waals surface area contributed by atoms with E-state index in [1.54, 1.807) is 18.2 Å². The summed E-state index contributed by atoms with van der Waals surface area (Å²) in [6, 6.07) is 15.9. The summed E-state index contributed by atoms with van der Waals surface area (Å²) in [6.07, 6.45) is -1.31. The summed E-state index contributed by atoms with van der Waals surface area (Å²) < 4.78 is 5.37. The normalized spacial score (nSPS) is 15.3. The van der Waals surface area contributed by atoms with E-state index in [0.29, 0.717) is 5.56 Å². The number of cyclic esters (lactones) is 1. The number of esters is 1. The van der Waals surface area contributed by atoms with Gasteiger partial charge in [0.15, 0.2) is 5.78 Å².